The summed E-state index contributed by atoms with van der Waals surface area (Å²) in [5.74, 6) is 0.594. The molecule has 0 spiro atoms. The molecule has 0 saturated heterocycles. The zero-order valence-electron chi connectivity index (χ0n) is 12.7. The van der Waals surface area contributed by atoms with Crippen molar-refractivity contribution in [2.24, 2.45) is 0 Å². The lowest BCUT2D eigenvalue weighted by Gasteiger charge is -2.13. The first-order valence-corrected chi connectivity index (χ1v) is 7.23. The standard InChI is InChI=1S/C18H21NO2/c1-4-14(3)21-17-10-6-8-15(12-17)18(20)19-16-9-5-7-13(2)11-16/h5-12,14H,4H2,1-3H3,(H,19,20). The van der Waals surface area contributed by atoms with Crippen LogP contribution in [-0.2, 0) is 0 Å². The molecule has 0 saturated carbocycles. The van der Waals surface area contributed by atoms with Crippen molar-refractivity contribution < 1.29 is 9.53 Å². The van der Waals surface area contributed by atoms with E-state index in [9.17, 15) is 4.79 Å². The minimum Gasteiger partial charge on any atom is -0.491 e. The minimum atomic E-state index is -0.129. The number of benzene rings is 2. The molecule has 1 N–H and O–H groups in total. The van der Waals surface area contributed by atoms with Crippen LogP contribution in [0.4, 0.5) is 5.69 Å². The molecule has 0 aliphatic rings. The smallest absolute Gasteiger partial charge is 0.255 e. The van der Waals surface area contributed by atoms with E-state index in [-0.39, 0.29) is 12.0 Å². The topological polar surface area (TPSA) is 38.3 Å². The third kappa shape index (κ3) is 4.35. The number of carbonyl (C=O) groups is 1. The molecule has 3 nitrogen and oxygen atoms in total. The highest BCUT2D eigenvalue weighted by atomic mass is 16.5. The molecule has 0 fully saturated rings. The molecule has 2 aromatic rings. The van der Waals surface area contributed by atoms with Gasteiger partial charge in [-0.25, -0.2) is 0 Å². The molecular formula is C18H21NO2. The summed E-state index contributed by atoms with van der Waals surface area (Å²) in [6.45, 7) is 6.08. The lowest BCUT2D eigenvalue weighted by atomic mass is 10.1. The van der Waals surface area contributed by atoms with Crippen molar-refractivity contribution in [3.63, 3.8) is 0 Å². The Morgan fingerprint density at radius 2 is 1.95 bits per heavy atom. The van der Waals surface area contributed by atoms with Gasteiger partial charge < -0.3 is 10.1 Å². The number of ether oxygens (including phenoxy) is 1. The van der Waals surface area contributed by atoms with Crippen molar-refractivity contribution in [2.75, 3.05) is 5.32 Å². The average Bonchev–Trinajstić information content (AvgIpc) is 2.47. The van der Waals surface area contributed by atoms with Crippen LogP contribution >= 0.6 is 0 Å². The molecular weight excluding hydrogens is 262 g/mol. The number of hydrogen-bond donors (Lipinski definition) is 1. The molecule has 0 aliphatic heterocycles. The van der Waals surface area contributed by atoms with Gasteiger partial charge in [-0.3, -0.25) is 4.79 Å². The molecule has 21 heavy (non-hydrogen) atoms. The number of hydrogen-bond acceptors (Lipinski definition) is 2. The average molecular weight is 283 g/mol. The van der Waals surface area contributed by atoms with Crippen molar-refractivity contribution in [1.29, 1.82) is 0 Å². The Labute approximate surface area is 126 Å². The Morgan fingerprint density at radius 3 is 2.67 bits per heavy atom. The highest BCUT2D eigenvalue weighted by molar-refractivity contribution is 6.04. The first kappa shape index (κ1) is 15.1. The Hall–Kier alpha value is -2.29. The molecule has 0 heterocycles. The maximum Gasteiger partial charge on any atom is 0.255 e. The summed E-state index contributed by atoms with van der Waals surface area (Å²) >= 11 is 0. The van der Waals surface area contributed by atoms with E-state index in [1.54, 1.807) is 12.1 Å². The Bertz CT molecular complexity index is 622. The van der Waals surface area contributed by atoms with Crippen LogP contribution in [0.3, 0.4) is 0 Å². The molecule has 0 aliphatic carbocycles. The number of rotatable bonds is 5. The van der Waals surface area contributed by atoms with Crippen molar-refractivity contribution in [3.05, 3.63) is 59.7 Å². The van der Waals surface area contributed by atoms with Crippen molar-refractivity contribution in [1.82, 2.24) is 0 Å². The Balaban J connectivity index is 2.10. The summed E-state index contributed by atoms with van der Waals surface area (Å²) < 4.78 is 5.74. The highest BCUT2D eigenvalue weighted by Gasteiger charge is 2.08. The number of aryl methyl sites for hydroxylation is 1. The second-order valence-corrected chi connectivity index (χ2v) is 5.19. The van der Waals surface area contributed by atoms with E-state index in [1.807, 2.05) is 50.2 Å². The van der Waals surface area contributed by atoms with Gasteiger partial charge in [-0.2, -0.15) is 0 Å². The summed E-state index contributed by atoms with van der Waals surface area (Å²) in [6.07, 6.45) is 1.07. The summed E-state index contributed by atoms with van der Waals surface area (Å²) in [6, 6.07) is 15.0. The van der Waals surface area contributed by atoms with Crippen LogP contribution in [0.1, 0.15) is 36.2 Å². The van der Waals surface area contributed by atoms with Gasteiger partial charge in [-0.15, -0.1) is 0 Å². The molecule has 0 bridgehead atoms. The van der Waals surface area contributed by atoms with Crippen LogP contribution in [0.2, 0.25) is 0 Å². The van der Waals surface area contributed by atoms with Gasteiger partial charge in [0.15, 0.2) is 0 Å². The predicted molar refractivity (Wildman–Crippen MR) is 86.0 cm³/mol. The van der Waals surface area contributed by atoms with Gasteiger partial charge in [0.25, 0.3) is 5.91 Å². The van der Waals surface area contributed by atoms with Gasteiger partial charge in [-0.1, -0.05) is 25.1 Å². The third-order valence-corrected chi connectivity index (χ3v) is 3.28. The number of carbonyl (C=O) groups excluding carboxylic acids is 1. The molecule has 0 aromatic heterocycles. The molecule has 1 amide bonds. The van der Waals surface area contributed by atoms with Gasteiger partial charge in [0.05, 0.1) is 6.10 Å². The molecule has 110 valence electrons. The van der Waals surface area contributed by atoms with E-state index in [2.05, 4.69) is 12.2 Å². The van der Waals surface area contributed by atoms with Crippen LogP contribution in [0.15, 0.2) is 48.5 Å². The zero-order valence-corrected chi connectivity index (χ0v) is 12.7. The van der Waals surface area contributed by atoms with E-state index < -0.39 is 0 Å². The maximum atomic E-state index is 12.3. The van der Waals surface area contributed by atoms with Crippen LogP contribution < -0.4 is 10.1 Å². The minimum absolute atomic E-state index is 0.129. The molecule has 1 unspecified atom stereocenters. The second kappa shape index (κ2) is 6.93. The molecule has 0 radical (unpaired) electrons. The number of amides is 1. The zero-order chi connectivity index (χ0) is 15.2. The van der Waals surface area contributed by atoms with Crippen LogP contribution in [0.25, 0.3) is 0 Å². The van der Waals surface area contributed by atoms with E-state index in [0.717, 1.165) is 23.4 Å². The summed E-state index contributed by atoms with van der Waals surface area (Å²) in [4.78, 5) is 12.3. The van der Waals surface area contributed by atoms with Crippen LogP contribution in [0, 0.1) is 6.92 Å². The normalized spacial score (nSPS) is 11.8. The first-order valence-electron chi connectivity index (χ1n) is 7.23. The monoisotopic (exact) mass is 283 g/mol. The fourth-order valence-corrected chi connectivity index (χ4v) is 1.95. The Kier molecular flexibility index (Phi) is 4.99. The molecule has 1 atom stereocenters. The highest BCUT2D eigenvalue weighted by Crippen LogP contribution is 2.17. The molecule has 2 aromatic carbocycles. The molecule has 3 heteroatoms. The number of anilines is 1. The Morgan fingerprint density at radius 1 is 1.19 bits per heavy atom. The molecule has 2 rings (SSSR count). The maximum absolute atomic E-state index is 12.3. The van der Waals surface area contributed by atoms with E-state index in [4.69, 9.17) is 4.74 Å². The van der Waals surface area contributed by atoms with Gasteiger partial charge in [0.2, 0.25) is 0 Å². The SMILES string of the molecule is CCC(C)Oc1cccc(C(=O)Nc2cccc(C)c2)c1. The van der Waals surface area contributed by atoms with Gasteiger partial charge >= 0.3 is 0 Å². The summed E-state index contributed by atoms with van der Waals surface area (Å²) in [5, 5.41) is 2.90. The fourth-order valence-electron chi connectivity index (χ4n) is 1.95. The van der Waals surface area contributed by atoms with E-state index >= 15 is 0 Å². The first-order chi connectivity index (χ1) is 10.1. The van der Waals surface area contributed by atoms with Crippen molar-refractivity contribution >= 4 is 11.6 Å². The van der Waals surface area contributed by atoms with Gasteiger partial charge in [-0.05, 0) is 56.2 Å². The lowest BCUT2D eigenvalue weighted by Crippen LogP contribution is -2.13. The van der Waals surface area contributed by atoms with Gasteiger partial charge in [0.1, 0.15) is 5.75 Å². The largest absolute Gasteiger partial charge is 0.491 e. The van der Waals surface area contributed by atoms with Crippen LogP contribution in [-0.4, -0.2) is 12.0 Å². The summed E-state index contributed by atoms with van der Waals surface area (Å²) in [5.41, 5.74) is 2.51. The van der Waals surface area contributed by atoms with E-state index in [0.29, 0.717) is 5.56 Å². The second-order valence-electron chi connectivity index (χ2n) is 5.19. The summed E-state index contributed by atoms with van der Waals surface area (Å²) in [7, 11) is 0. The quantitative estimate of drug-likeness (QED) is 0.881. The van der Waals surface area contributed by atoms with E-state index in [1.165, 1.54) is 0 Å². The van der Waals surface area contributed by atoms with Crippen LogP contribution in [0.5, 0.6) is 5.75 Å². The predicted octanol–water partition coefficient (Wildman–Crippen LogP) is 4.42. The van der Waals surface area contributed by atoms with Crippen molar-refractivity contribution in [2.45, 2.75) is 33.3 Å². The number of nitrogens with one attached hydrogen (secondary N) is 1. The fraction of sp³-hybridized carbons (Fsp3) is 0.278. The third-order valence-electron chi connectivity index (χ3n) is 3.28. The van der Waals surface area contributed by atoms with Crippen molar-refractivity contribution in [3.8, 4) is 5.75 Å². The lowest BCUT2D eigenvalue weighted by molar-refractivity contribution is 0.102. The van der Waals surface area contributed by atoms with Gasteiger partial charge in [0, 0.05) is 11.3 Å².